The van der Waals surface area contributed by atoms with Gasteiger partial charge in [0.25, 0.3) is 11.8 Å². The van der Waals surface area contributed by atoms with Gasteiger partial charge >= 0.3 is 0 Å². The number of halogens is 1. The third-order valence-electron chi connectivity index (χ3n) is 6.04. The minimum Gasteiger partial charge on any atom is -0.335 e. The van der Waals surface area contributed by atoms with Crippen molar-refractivity contribution in [2.24, 2.45) is 0 Å². The number of amides is 2. The lowest BCUT2D eigenvalue weighted by Crippen LogP contribution is -2.50. The van der Waals surface area contributed by atoms with Crippen LogP contribution in [0.3, 0.4) is 0 Å². The number of rotatable bonds is 4. The van der Waals surface area contributed by atoms with Crippen LogP contribution in [0.1, 0.15) is 44.6 Å². The molecule has 1 fully saturated rings. The molecule has 7 heteroatoms. The van der Waals surface area contributed by atoms with Crippen LogP contribution in [-0.2, 0) is 6.42 Å². The van der Waals surface area contributed by atoms with Gasteiger partial charge in [0.05, 0.1) is 22.6 Å². The predicted molar refractivity (Wildman–Crippen MR) is 121 cm³/mol. The summed E-state index contributed by atoms with van der Waals surface area (Å²) in [6.07, 6.45) is 0.936. The van der Waals surface area contributed by atoms with Gasteiger partial charge in [0, 0.05) is 31.7 Å². The molecule has 0 radical (unpaired) electrons. The summed E-state index contributed by atoms with van der Waals surface area (Å²) >= 11 is 0. The standard InChI is InChI=1S/C25H27FN4O2/c1-4-19-5-7-20(8-6-19)24(31)28-13-15-29(16-14-28)25(32)23-17(2)27-30(18(23)3)22-11-9-21(26)10-12-22/h5-12H,4,13-16H2,1-3H3. The van der Waals surface area contributed by atoms with Crippen LogP contribution in [-0.4, -0.2) is 57.6 Å². The summed E-state index contributed by atoms with van der Waals surface area (Å²) in [6, 6.07) is 13.7. The Morgan fingerprint density at radius 2 is 1.44 bits per heavy atom. The van der Waals surface area contributed by atoms with Crippen LogP contribution in [0.2, 0.25) is 0 Å². The molecule has 4 rings (SSSR count). The van der Waals surface area contributed by atoms with Gasteiger partial charge < -0.3 is 9.80 Å². The largest absolute Gasteiger partial charge is 0.335 e. The molecule has 0 atom stereocenters. The SMILES string of the molecule is CCc1ccc(C(=O)N2CCN(C(=O)c3c(C)nn(-c4ccc(F)cc4)c3C)CC2)cc1. The van der Waals surface area contributed by atoms with E-state index in [-0.39, 0.29) is 17.6 Å². The first-order chi connectivity index (χ1) is 15.4. The summed E-state index contributed by atoms with van der Waals surface area (Å²) in [7, 11) is 0. The fourth-order valence-electron chi connectivity index (χ4n) is 4.12. The quantitative estimate of drug-likeness (QED) is 0.628. The molecule has 0 aliphatic carbocycles. The average molecular weight is 435 g/mol. The Morgan fingerprint density at radius 1 is 0.875 bits per heavy atom. The molecule has 1 saturated heterocycles. The fraction of sp³-hybridized carbons (Fsp3) is 0.320. The highest BCUT2D eigenvalue weighted by Crippen LogP contribution is 2.21. The van der Waals surface area contributed by atoms with Crippen LogP contribution in [0.4, 0.5) is 4.39 Å². The first kappa shape index (κ1) is 21.7. The Bertz CT molecular complexity index is 1130. The van der Waals surface area contributed by atoms with Crippen LogP contribution in [0.15, 0.2) is 48.5 Å². The Morgan fingerprint density at radius 3 is 2.00 bits per heavy atom. The smallest absolute Gasteiger partial charge is 0.257 e. The van der Waals surface area contributed by atoms with Crippen molar-refractivity contribution in [1.82, 2.24) is 19.6 Å². The Kier molecular flexibility index (Phi) is 6.08. The summed E-state index contributed by atoms with van der Waals surface area (Å²) in [5.41, 5.74) is 4.48. The number of aromatic nitrogens is 2. The zero-order valence-corrected chi connectivity index (χ0v) is 18.6. The molecule has 1 aliphatic heterocycles. The van der Waals surface area contributed by atoms with Gasteiger partial charge in [-0.15, -0.1) is 0 Å². The number of hydrogen-bond acceptors (Lipinski definition) is 3. The molecule has 0 saturated carbocycles. The van der Waals surface area contributed by atoms with Crippen molar-refractivity contribution >= 4 is 11.8 Å². The summed E-state index contributed by atoms with van der Waals surface area (Å²) in [4.78, 5) is 29.7. The van der Waals surface area contributed by atoms with Crippen LogP contribution in [0.25, 0.3) is 5.69 Å². The molecule has 6 nitrogen and oxygen atoms in total. The van der Waals surface area contributed by atoms with Gasteiger partial charge in [-0.3, -0.25) is 9.59 Å². The van der Waals surface area contributed by atoms with Crippen LogP contribution in [0.5, 0.6) is 0 Å². The number of hydrogen-bond donors (Lipinski definition) is 0. The van der Waals surface area contributed by atoms with E-state index in [1.807, 2.05) is 31.2 Å². The van der Waals surface area contributed by atoms with Gasteiger partial charge in [-0.1, -0.05) is 19.1 Å². The van der Waals surface area contributed by atoms with E-state index in [4.69, 9.17) is 0 Å². The van der Waals surface area contributed by atoms with Crippen molar-refractivity contribution in [3.8, 4) is 5.69 Å². The Labute approximate surface area is 187 Å². The minimum atomic E-state index is -0.319. The predicted octanol–water partition coefficient (Wildman–Crippen LogP) is 3.79. The molecular weight excluding hydrogens is 407 g/mol. The highest BCUT2D eigenvalue weighted by Gasteiger charge is 2.29. The zero-order valence-electron chi connectivity index (χ0n) is 18.6. The number of benzene rings is 2. The van der Waals surface area contributed by atoms with Crippen molar-refractivity contribution in [3.05, 3.63) is 82.4 Å². The molecule has 0 bridgehead atoms. The van der Waals surface area contributed by atoms with E-state index in [2.05, 4.69) is 12.0 Å². The zero-order chi connectivity index (χ0) is 22.8. The summed E-state index contributed by atoms with van der Waals surface area (Å²) in [6.45, 7) is 7.65. The molecule has 32 heavy (non-hydrogen) atoms. The Balaban J connectivity index is 1.45. The van der Waals surface area contributed by atoms with E-state index >= 15 is 0 Å². The average Bonchev–Trinajstić information content (AvgIpc) is 3.12. The van der Waals surface area contributed by atoms with Gasteiger partial charge in [0.15, 0.2) is 0 Å². The van der Waals surface area contributed by atoms with E-state index in [0.29, 0.717) is 54.4 Å². The molecule has 3 aromatic rings. The lowest BCUT2D eigenvalue weighted by Gasteiger charge is -2.35. The highest BCUT2D eigenvalue weighted by atomic mass is 19.1. The second-order valence-electron chi connectivity index (χ2n) is 8.07. The second kappa shape index (κ2) is 8.94. The molecular formula is C25H27FN4O2. The van der Waals surface area contributed by atoms with Crippen molar-refractivity contribution in [2.45, 2.75) is 27.2 Å². The number of piperazine rings is 1. The molecule has 2 amide bonds. The highest BCUT2D eigenvalue weighted by molar-refractivity contribution is 5.97. The second-order valence-corrected chi connectivity index (χ2v) is 8.07. The summed E-state index contributed by atoms with van der Waals surface area (Å²) < 4.78 is 14.9. The summed E-state index contributed by atoms with van der Waals surface area (Å²) in [5.74, 6) is -0.413. The lowest BCUT2D eigenvalue weighted by atomic mass is 10.1. The van der Waals surface area contributed by atoms with E-state index in [0.717, 1.165) is 6.42 Å². The van der Waals surface area contributed by atoms with Crippen LogP contribution < -0.4 is 0 Å². The van der Waals surface area contributed by atoms with Crippen LogP contribution in [0, 0.1) is 19.7 Å². The molecule has 0 unspecified atom stereocenters. The number of carbonyl (C=O) groups excluding carboxylic acids is 2. The van der Waals surface area contributed by atoms with Crippen molar-refractivity contribution in [1.29, 1.82) is 0 Å². The first-order valence-corrected chi connectivity index (χ1v) is 10.9. The van der Waals surface area contributed by atoms with E-state index in [1.54, 1.807) is 33.5 Å². The molecule has 0 N–H and O–H groups in total. The maximum Gasteiger partial charge on any atom is 0.257 e. The van der Waals surface area contributed by atoms with Crippen LogP contribution >= 0.6 is 0 Å². The third-order valence-corrected chi connectivity index (χ3v) is 6.04. The van der Waals surface area contributed by atoms with Gasteiger partial charge in [-0.25, -0.2) is 9.07 Å². The third kappa shape index (κ3) is 4.15. The number of aryl methyl sites for hydroxylation is 2. The normalized spacial score (nSPS) is 14.0. The van der Waals surface area contributed by atoms with Crippen molar-refractivity contribution < 1.29 is 14.0 Å². The van der Waals surface area contributed by atoms with E-state index in [9.17, 15) is 14.0 Å². The van der Waals surface area contributed by atoms with Gasteiger partial charge in [0.2, 0.25) is 0 Å². The minimum absolute atomic E-state index is 0.00348. The van der Waals surface area contributed by atoms with E-state index in [1.165, 1.54) is 17.7 Å². The topological polar surface area (TPSA) is 58.4 Å². The molecule has 2 aromatic carbocycles. The molecule has 1 aromatic heterocycles. The molecule has 1 aliphatic rings. The van der Waals surface area contributed by atoms with Crippen molar-refractivity contribution in [2.75, 3.05) is 26.2 Å². The van der Waals surface area contributed by atoms with Gasteiger partial charge in [-0.05, 0) is 62.2 Å². The number of nitrogens with zero attached hydrogens (tertiary/aromatic N) is 4. The Hall–Kier alpha value is -3.48. The molecule has 0 spiro atoms. The monoisotopic (exact) mass is 434 g/mol. The number of carbonyl (C=O) groups is 2. The first-order valence-electron chi connectivity index (χ1n) is 10.9. The van der Waals surface area contributed by atoms with Crippen molar-refractivity contribution in [3.63, 3.8) is 0 Å². The molecule has 166 valence electrons. The van der Waals surface area contributed by atoms with Gasteiger partial charge in [-0.2, -0.15) is 5.10 Å². The van der Waals surface area contributed by atoms with E-state index < -0.39 is 0 Å². The lowest BCUT2D eigenvalue weighted by molar-refractivity contribution is 0.0534. The fourth-order valence-corrected chi connectivity index (χ4v) is 4.12. The molecule has 2 heterocycles. The summed E-state index contributed by atoms with van der Waals surface area (Å²) in [5, 5.41) is 4.51. The maximum absolute atomic E-state index is 13.3. The van der Waals surface area contributed by atoms with Gasteiger partial charge in [0.1, 0.15) is 5.82 Å². The maximum atomic E-state index is 13.3.